The maximum Gasteiger partial charge on any atom is 0.249 e. The Morgan fingerprint density at radius 3 is 2.50 bits per heavy atom. The van der Waals surface area contributed by atoms with Gasteiger partial charge in [0.25, 0.3) is 0 Å². The fourth-order valence-electron chi connectivity index (χ4n) is 3.98. The van der Waals surface area contributed by atoms with E-state index in [0.717, 1.165) is 64.8 Å². The molecule has 3 aliphatic rings. The summed E-state index contributed by atoms with van der Waals surface area (Å²) in [5.74, 6) is 0.717. The van der Waals surface area contributed by atoms with Crippen LogP contribution in [0.25, 0.3) is 0 Å². The number of carbonyl (C=O) groups is 1. The van der Waals surface area contributed by atoms with Gasteiger partial charge in [0.1, 0.15) is 6.10 Å². The predicted octanol–water partition coefficient (Wildman–Crippen LogP) is 2.08. The highest BCUT2D eigenvalue weighted by molar-refractivity contribution is 5.80. The van der Waals surface area contributed by atoms with Crippen LogP contribution in [-0.4, -0.2) is 59.9 Å². The summed E-state index contributed by atoms with van der Waals surface area (Å²) in [6.45, 7) is 5.31. The zero-order chi connectivity index (χ0) is 17.0. The second-order valence-corrected chi connectivity index (χ2v) is 8.26. The molecule has 0 spiro atoms. The minimum absolute atomic E-state index is 0.0278. The largest absolute Gasteiger partial charge is 0.389 e. The Balaban J connectivity index is 1.34. The number of amides is 1. The predicted molar refractivity (Wildman–Crippen MR) is 93.8 cm³/mol. The van der Waals surface area contributed by atoms with Crippen LogP contribution in [0.4, 0.5) is 0 Å². The van der Waals surface area contributed by atoms with Gasteiger partial charge in [0.05, 0.1) is 12.2 Å². The molecule has 1 saturated heterocycles. The SMILES string of the molecule is CC(OCC1CC1)C(=O)NC1CCN(CC2(O)CCCCC2)CC1. The summed E-state index contributed by atoms with van der Waals surface area (Å²) in [5.41, 5.74) is -0.473. The zero-order valence-electron chi connectivity index (χ0n) is 15.1. The summed E-state index contributed by atoms with van der Waals surface area (Å²) in [6, 6.07) is 0.252. The third kappa shape index (κ3) is 5.43. The highest BCUT2D eigenvalue weighted by Gasteiger charge is 2.33. The van der Waals surface area contributed by atoms with Crippen molar-refractivity contribution in [2.24, 2.45) is 5.92 Å². The molecule has 5 nitrogen and oxygen atoms in total. The monoisotopic (exact) mass is 338 g/mol. The summed E-state index contributed by atoms with van der Waals surface area (Å²) in [7, 11) is 0. The molecule has 3 fully saturated rings. The second-order valence-electron chi connectivity index (χ2n) is 8.26. The van der Waals surface area contributed by atoms with Gasteiger partial charge in [0.2, 0.25) is 5.91 Å². The minimum Gasteiger partial charge on any atom is -0.389 e. The zero-order valence-corrected chi connectivity index (χ0v) is 15.1. The fourth-order valence-corrected chi connectivity index (χ4v) is 3.98. The van der Waals surface area contributed by atoms with Crippen LogP contribution in [0.2, 0.25) is 0 Å². The first-order valence-corrected chi connectivity index (χ1v) is 9.91. The molecule has 24 heavy (non-hydrogen) atoms. The lowest BCUT2D eigenvalue weighted by Crippen LogP contribution is -2.51. The highest BCUT2D eigenvalue weighted by Crippen LogP contribution is 2.30. The van der Waals surface area contributed by atoms with Crippen molar-refractivity contribution in [1.82, 2.24) is 10.2 Å². The van der Waals surface area contributed by atoms with Crippen molar-refractivity contribution in [3.05, 3.63) is 0 Å². The number of likely N-dealkylation sites (tertiary alicyclic amines) is 1. The van der Waals surface area contributed by atoms with Gasteiger partial charge in [-0.2, -0.15) is 0 Å². The van der Waals surface area contributed by atoms with Gasteiger partial charge in [-0.25, -0.2) is 0 Å². The molecule has 138 valence electrons. The first-order chi connectivity index (χ1) is 11.5. The number of nitrogens with one attached hydrogen (secondary N) is 1. The van der Waals surface area contributed by atoms with Gasteiger partial charge in [-0.05, 0) is 51.4 Å². The number of nitrogens with zero attached hydrogens (tertiary/aromatic N) is 1. The van der Waals surface area contributed by atoms with Crippen LogP contribution < -0.4 is 5.32 Å². The normalized spacial score (nSPS) is 26.9. The highest BCUT2D eigenvalue weighted by atomic mass is 16.5. The van der Waals surface area contributed by atoms with Crippen LogP contribution in [0.5, 0.6) is 0 Å². The lowest BCUT2D eigenvalue weighted by molar-refractivity contribution is -0.133. The van der Waals surface area contributed by atoms with Crippen LogP contribution in [0.3, 0.4) is 0 Å². The third-order valence-electron chi connectivity index (χ3n) is 5.88. The molecule has 1 amide bonds. The average Bonchev–Trinajstić information content (AvgIpc) is 3.39. The van der Waals surface area contributed by atoms with Crippen molar-refractivity contribution >= 4 is 5.91 Å². The van der Waals surface area contributed by atoms with Crippen molar-refractivity contribution in [2.45, 2.75) is 82.5 Å². The van der Waals surface area contributed by atoms with E-state index in [1.165, 1.54) is 19.3 Å². The molecule has 0 aromatic carbocycles. The number of aliphatic hydroxyl groups is 1. The molecule has 2 saturated carbocycles. The van der Waals surface area contributed by atoms with E-state index in [4.69, 9.17) is 4.74 Å². The van der Waals surface area contributed by atoms with Crippen molar-refractivity contribution in [3.63, 3.8) is 0 Å². The summed E-state index contributed by atoms with van der Waals surface area (Å²) < 4.78 is 5.65. The summed E-state index contributed by atoms with van der Waals surface area (Å²) in [4.78, 5) is 14.6. The van der Waals surface area contributed by atoms with Crippen LogP contribution in [0, 0.1) is 5.92 Å². The topological polar surface area (TPSA) is 61.8 Å². The van der Waals surface area contributed by atoms with Crippen molar-refractivity contribution < 1.29 is 14.6 Å². The molecule has 1 atom stereocenters. The Morgan fingerprint density at radius 2 is 1.88 bits per heavy atom. The van der Waals surface area contributed by atoms with Gasteiger partial charge in [0.15, 0.2) is 0 Å². The standard InChI is InChI=1S/C19H34N2O3/c1-15(24-13-16-5-6-16)18(22)20-17-7-11-21(12-8-17)14-19(23)9-3-2-4-10-19/h15-17,23H,2-14H2,1H3,(H,20,22). The maximum absolute atomic E-state index is 12.2. The van der Waals surface area contributed by atoms with E-state index in [0.29, 0.717) is 5.92 Å². The van der Waals surface area contributed by atoms with Gasteiger partial charge in [0, 0.05) is 25.7 Å². The number of ether oxygens (including phenoxy) is 1. The van der Waals surface area contributed by atoms with Crippen LogP contribution in [-0.2, 0) is 9.53 Å². The Kier molecular flexibility index (Phi) is 6.17. The lowest BCUT2D eigenvalue weighted by atomic mass is 9.84. The lowest BCUT2D eigenvalue weighted by Gasteiger charge is -2.40. The van der Waals surface area contributed by atoms with E-state index in [1.807, 2.05) is 6.92 Å². The van der Waals surface area contributed by atoms with E-state index in [1.54, 1.807) is 0 Å². The molecule has 0 aromatic heterocycles. The molecule has 0 bridgehead atoms. The summed E-state index contributed by atoms with van der Waals surface area (Å²) in [6.07, 6.45) is 9.55. The molecular weight excluding hydrogens is 304 g/mol. The van der Waals surface area contributed by atoms with E-state index in [-0.39, 0.29) is 18.1 Å². The Labute approximate surface area is 146 Å². The molecule has 1 aliphatic heterocycles. The smallest absolute Gasteiger partial charge is 0.249 e. The molecule has 5 heteroatoms. The number of rotatable bonds is 7. The fraction of sp³-hybridized carbons (Fsp3) is 0.947. The molecule has 3 rings (SSSR count). The number of β-amino-alcohol motifs (C(OH)–C–C–N with tert-alkyl or cyclic N) is 1. The maximum atomic E-state index is 12.2. The van der Waals surface area contributed by atoms with Gasteiger partial charge in [-0.3, -0.25) is 4.79 Å². The van der Waals surface area contributed by atoms with Gasteiger partial charge >= 0.3 is 0 Å². The van der Waals surface area contributed by atoms with E-state index >= 15 is 0 Å². The first-order valence-electron chi connectivity index (χ1n) is 9.91. The van der Waals surface area contributed by atoms with E-state index in [2.05, 4.69) is 10.2 Å². The molecular formula is C19H34N2O3. The molecule has 1 unspecified atom stereocenters. The van der Waals surface area contributed by atoms with Crippen LogP contribution in [0.1, 0.15) is 64.7 Å². The number of hydrogen-bond donors (Lipinski definition) is 2. The average molecular weight is 338 g/mol. The number of piperidine rings is 1. The summed E-state index contributed by atoms with van der Waals surface area (Å²) in [5, 5.41) is 13.8. The Bertz CT molecular complexity index is 411. The second kappa shape index (κ2) is 8.15. The summed E-state index contributed by atoms with van der Waals surface area (Å²) >= 11 is 0. The molecule has 0 aromatic rings. The van der Waals surface area contributed by atoms with Gasteiger partial charge < -0.3 is 20.1 Å². The van der Waals surface area contributed by atoms with E-state index in [9.17, 15) is 9.90 Å². The number of carbonyl (C=O) groups excluding carboxylic acids is 1. The Morgan fingerprint density at radius 1 is 1.21 bits per heavy atom. The molecule has 2 N–H and O–H groups in total. The minimum atomic E-state index is -0.473. The Hall–Kier alpha value is -0.650. The van der Waals surface area contributed by atoms with E-state index < -0.39 is 5.60 Å². The molecule has 0 radical (unpaired) electrons. The van der Waals surface area contributed by atoms with Crippen molar-refractivity contribution in [1.29, 1.82) is 0 Å². The van der Waals surface area contributed by atoms with Gasteiger partial charge in [-0.15, -0.1) is 0 Å². The van der Waals surface area contributed by atoms with Gasteiger partial charge in [-0.1, -0.05) is 19.3 Å². The molecule has 1 heterocycles. The quantitative estimate of drug-likeness (QED) is 0.746. The van der Waals surface area contributed by atoms with Crippen molar-refractivity contribution in [3.8, 4) is 0 Å². The third-order valence-corrected chi connectivity index (χ3v) is 5.88. The first kappa shape index (κ1) is 18.2. The van der Waals surface area contributed by atoms with Crippen molar-refractivity contribution in [2.75, 3.05) is 26.2 Å². The molecule has 2 aliphatic carbocycles. The van der Waals surface area contributed by atoms with Crippen LogP contribution >= 0.6 is 0 Å². The number of hydrogen-bond acceptors (Lipinski definition) is 4. The van der Waals surface area contributed by atoms with Crippen LogP contribution in [0.15, 0.2) is 0 Å².